The van der Waals surface area contributed by atoms with Gasteiger partial charge in [-0.2, -0.15) is 5.26 Å². The second-order valence-corrected chi connectivity index (χ2v) is 4.78. The fourth-order valence-electron chi connectivity index (χ4n) is 2.80. The van der Waals surface area contributed by atoms with Crippen molar-refractivity contribution in [1.29, 1.82) is 5.26 Å². The van der Waals surface area contributed by atoms with Crippen molar-refractivity contribution in [2.45, 2.75) is 31.6 Å². The third-order valence-electron chi connectivity index (χ3n) is 3.67. The van der Waals surface area contributed by atoms with Gasteiger partial charge in [-0.25, -0.2) is 0 Å². The summed E-state index contributed by atoms with van der Waals surface area (Å²) in [6.45, 7) is 0.108. The largest absolute Gasteiger partial charge is 0.343 e. The van der Waals surface area contributed by atoms with Crippen LogP contribution in [0, 0.1) is 17.2 Å². The van der Waals surface area contributed by atoms with Crippen LogP contribution in [0.4, 0.5) is 0 Å². The molecule has 0 saturated heterocycles. The lowest BCUT2D eigenvalue weighted by atomic mass is 9.75. The summed E-state index contributed by atoms with van der Waals surface area (Å²) in [6, 6.07) is 12.2. The number of carbonyl (C=O) groups is 1. The standard InChI is InChI=1S/C15H18N2O/c16-10-11-17-15(18)14-9-5-4-8-13(14)12-6-2-1-3-7-12/h1-3,6-7,13-14H,4-5,8-9,11H2,(H,17,18). The van der Waals surface area contributed by atoms with Gasteiger partial charge in [-0.3, -0.25) is 4.79 Å². The number of nitrogens with zero attached hydrogens (tertiary/aromatic N) is 1. The Bertz CT molecular complexity index is 436. The fourth-order valence-corrected chi connectivity index (χ4v) is 2.80. The molecule has 1 saturated carbocycles. The molecule has 3 heteroatoms. The van der Waals surface area contributed by atoms with Crippen LogP contribution in [0.15, 0.2) is 30.3 Å². The molecule has 0 bridgehead atoms. The molecular weight excluding hydrogens is 224 g/mol. The zero-order valence-electron chi connectivity index (χ0n) is 10.4. The van der Waals surface area contributed by atoms with E-state index in [1.54, 1.807) is 0 Å². The van der Waals surface area contributed by atoms with Crippen LogP contribution < -0.4 is 5.32 Å². The molecule has 2 unspecified atom stereocenters. The van der Waals surface area contributed by atoms with Gasteiger partial charge in [-0.15, -0.1) is 0 Å². The molecule has 1 aliphatic carbocycles. The van der Waals surface area contributed by atoms with E-state index in [9.17, 15) is 4.79 Å². The number of hydrogen-bond donors (Lipinski definition) is 1. The maximum Gasteiger partial charge on any atom is 0.224 e. The molecule has 1 N–H and O–H groups in total. The Morgan fingerprint density at radius 3 is 2.72 bits per heavy atom. The average Bonchev–Trinajstić information content (AvgIpc) is 2.45. The summed E-state index contributed by atoms with van der Waals surface area (Å²) in [5.41, 5.74) is 1.24. The summed E-state index contributed by atoms with van der Waals surface area (Å²) in [4.78, 5) is 12.1. The molecule has 1 aromatic carbocycles. The van der Waals surface area contributed by atoms with Crippen molar-refractivity contribution in [3.8, 4) is 6.07 Å². The van der Waals surface area contributed by atoms with E-state index in [4.69, 9.17) is 5.26 Å². The minimum absolute atomic E-state index is 0.0227. The van der Waals surface area contributed by atoms with E-state index < -0.39 is 0 Å². The number of benzene rings is 1. The average molecular weight is 242 g/mol. The highest BCUT2D eigenvalue weighted by atomic mass is 16.1. The summed E-state index contributed by atoms with van der Waals surface area (Å²) >= 11 is 0. The van der Waals surface area contributed by atoms with Crippen LogP contribution in [0.5, 0.6) is 0 Å². The Balaban J connectivity index is 2.11. The molecule has 2 rings (SSSR count). The van der Waals surface area contributed by atoms with Crippen molar-refractivity contribution < 1.29 is 4.79 Å². The molecule has 1 aromatic rings. The zero-order chi connectivity index (χ0) is 12.8. The second kappa shape index (κ2) is 6.20. The van der Waals surface area contributed by atoms with Crippen LogP contribution in [-0.4, -0.2) is 12.5 Å². The first-order valence-electron chi connectivity index (χ1n) is 6.52. The number of carbonyl (C=O) groups excluding carboxylic acids is 1. The van der Waals surface area contributed by atoms with Crippen molar-refractivity contribution in [2.24, 2.45) is 5.92 Å². The van der Waals surface area contributed by atoms with E-state index in [-0.39, 0.29) is 18.4 Å². The highest BCUT2D eigenvalue weighted by Gasteiger charge is 2.31. The molecule has 3 nitrogen and oxygen atoms in total. The predicted octanol–water partition coefficient (Wildman–Crippen LogP) is 2.60. The van der Waals surface area contributed by atoms with Crippen molar-refractivity contribution in [1.82, 2.24) is 5.32 Å². The number of rotatable bonds is 3. The van der Waals surface area contributed by atoms with Crippen LogP contribution in [0.2, 0.25) is 0 Å². The van der Waals surface area contributed by atoms with Gasteiger partial charge in [-0.1, -0.05) is 43.2 Å². The Labute approximate surface area is 108 Å². The highest BCUT2D eigenvalue weighted by molar-refractivity contribution is 5.80. The monoisotopic (exact) mass is 242 g/mol. The third kappa shape index (κ3) is 2.89. The summed E-state index contributed by atoms with van der Waals surface area (Å²) in [5, 5.41) is 11.2. The molecule has 1 fully saturated rings. The Morgan fingerprint density at radius 1 is 1.28 bits per heavy atom. The molecule has 0 aromatic heterocycles. The Hall–Kier alpha value is -1.82. The third-order valence-corrected chi connectivity index (χ3v) is 3.67. The van der Waals surface area contributed by atoms with E-state index in [2.05, 4.69) is 17.4 Å². The normalized spacial score (nSPS) is 23.1. The molecule has 0 radical (unpaired) electrons. The van der Waals surface area contributed by atoms with Gasteiger partial charge in [0.2, 0.25) is 5.91 Å². The summed E-state index contributed by atoms with van der Waals surface area (Å²) < 4.78 is 0. The summed E-state index contributed by atoms with van der Waals surface area (Å²) in [5.74, 6) is 0.359. The molecule has 94 valence electrons. The second-order valence-electron chi connectivity index (χ2n) is 4.78. The first-order valence-corrected chi connectivity index (χ1v) is 6.52. The molecule has 0 aliphatic heterocycles. The molecular formula is C15H18N2O. The SMILES string of the molecule is N#CCNC(=O)C1CCCCC1c1ccccc1. The number of nitrogens with one attached hydrogen (secondary N) is 1. The van der Waals surface area contributed by atoms with Crippen LogP contribution in [-0.2, 0) is 4.79 Å². The zero-order valence-corrected chi connectivity index (χ0v) is 10.4. The number of hydrogen-bond acceptors (Lipinski definition) is 2. The molecule has 0 spiro atoms. The highest BCUT2D eigenvalue weighted by Crippen LogP contribution is 2.37. The van der Waals surface area contributed by atoms with Gasteiger partial charge >= 0.3 is 0 Å². The van der Waals surface area contributed by atoms with Crippen molar-refractivity contribution >= 4 is 5.91 Å². The quantitative estimate of drug-likeness (QED) is 0.828. The van der Waals surface area contributed by atoms with Crippen LogP contribution in [0.25, 0.3) is 0 Å². The van der Waals surface area contributed by atoms with E-state index in [1.165, 1.54) is 12.0 Å². The van der Waals surface area contributed by atoms with Crippen molar-refractivity contribution in [2.75, 3.05) is 6.54 Å². The lowest BCUT2D eigenvalue weighted by Gasteiger charge is -2.30. The van der Waals surface area contributed by atoms with Crippen LogP contribution in [0.3, 0.4) is 0 Å². The van der Waals surface area contributed by atoms with E-state index in [1.807, 2.05) is 24.3 Å². The van der Waals surface area contributed by atoms with Gasteiger partial charge in [0.15, 0.2) is 0 Å². The predicted molar refractivity (Wildman–Crippen MR) is 69.8 cm³/mol. The molecule has 1 amide bonds. The molecule has 0 heterocycles. The maximum absolute atomic E-state index is 12.1. The first-order chi connectivity index (χ1) is 8.83. The first kappa shape index (κ1) is 12.6. The Morgan fingerprint density at radius 2 is 2.00 bits per heavy atom. The minimum Gasteiger partial charge on any atom is -0.343 e. The molecule has 18 heavy (non-hydrogen) atoms. The maximum atomic E-state index is 12.1. The number of amides is 1. The lowest BCUT2D eigenvalue weighted by molar-refractivity contribution is -0.126. The van der Waals surface area contributed by atoms with E-state index in [0.717, 1.165) is 19.3 Å². The van der Waals surface area contributed by atoms with Crippen LogP contribution >= 0.6 is 0 Å². The smallest absolute Gasteiger partial charge is 0.224 e. The number of nitriles is 1. The van der Waals surface area contributed by atoms with Gasteiger partial charge < -0.3 is 5.32 Å². The van der Waals surface area contributed by atoms with Crippen molar-refractivity contribution in [3.05, 3.63) is 35.9 Å². The lowest BCUT2D eigenvalue weighted by Crippen LogP contribution is -2.36. The fraction of sp³-hybridized carbons (Fsp3) is 0.467. The van der Waals surface area contributed by atoms with Gasteiger partial charge in [0.1, 0.15) is 6.54 Å². The van der Waals surface area contributed by atoms with E-state index in [0.29, 0.717) is 5.92 Å². The molecule has 1 aliphatic rings. The topological polar surface area (TPSA) is 52.9 Å². The van der Waals surface area contributed by atoms with Gasteiger partial charge in [0, 0.05) is 5.92 Å². The molecule has 2 atom stereocenters. The summed E-state index contributed by atoms with van der Waals surface area (Å²) in [7, 11) is 0. The van der Waals surface area contributed by atoms with Gasteiger partial charge in [0.25, 0.3) is 0 Å². The summed E-state index contributed by atoms with van der Waals surface area (Å²) in [6.07, 6.45) is 4.28. The Kier molecular flexibility index (Phi) is 4.35. The van der Waals surface area contributed by atoms with Crippen molar-refractivity contribution in [3.63, 3.8) is 0 Å². The van der Waals surface area contributed by atoms with Gasteiger partial charge in [0.05, 0.1) is 6.07 Å². The van der Waals surface area contributed by atoms with Gasteiger partial charge in [-0.05, 0) is 24.3 Å². The van der Waals surface area contributed by atoms with E-state index >= 15 is 0 Å². The minimum atomic E-state index is 0.0227. The van der Waals surface area contributed by atoms with Crippen LogP contribution in [0.1, 0.15) is 37.2 Å².